The Kier molecular flexibility index (Phi) is 43.7. The minimum absolute atomic E-state index is 0.0520. The second-order valence-corrected chi connectivity index (χ2v) is 16.5. The maximum absolute atomic E-state index is 13.1. The SMILES string of the molecule is CCCC/C=C\CCCCCC(CC(=O)NC(CO)C(O)CCCCCCCCCCCCC)OC(=O)CCCCC/C=C\C/C=C\C/C=C\C/C=C\CCCCC. The van der Waals surface area contributed by atoms with E-state index in [1.165, 1.54) is 89.9 Å². The third-order valence-corrected chi connectivity index (χ3v) is 10.8. The zero-order chi connectivity index (χ0) is 42.4. The molecule has 0 aromatic carbocycles. The highest BCUT2D eigenvalue weighted by Gasteiger charge is 2.24. The quantitative estimate of drug-likeness (QED) is 0.0324. The van der Waals surface area contributed by atoms with E-state index < -0.39 is 18.2 Å². The van der Waals surface area contributed by atoms with Gasteiger partial charge in [0.25, 0.3) is 0 Å². The first kappa shape index (κ1) is 55.6. The van der Waals surface area contributed by atoms with Crippen LogP contribution in [-0.2, 0) is 14.3 Å². The van der Waals surface area contributed by atoms with Crippen molar-refractivity contribution in [3.63, 3.8) is 0 Å². The van der Waals surface area contributed by atoms with E-state index in [4.69, 9.17) is 4.74 Å². The maximum Gasteiger partial charge on any atom is 0.306 e. The summed E-state index contributed by atoms with van der Waals surface area (Å²) in [5.41, 5.74) is 0. The fourth-order valence-electron chi connectivity index (χ4n) is 7.04. The molecule has 1 amide bonds. The molecule has 0 aromatic heterocycles. The lowest BCUT2D eigenvalue weighted by atomic mass is 10.0. The van der Waals surface area contributed by atoms with Gasteiger partial charge in [-0.2, -0.15) is 0 Å². The Hall–Kier alpha value is -2.44. The summed E-state index contributed by atoms with van der Waals surface area (Å²) in [6.45, 7) is 6.38. The molecule has 3 N–H and O–H groups in total. The van der Waals surface area contributed by atoms with Crippen molar-refractivity contribution in [3.05, 3.63) is 60.8 Å². The van der Waals surface area contributed by atoms with Crippen LogP contribution in [0.5, 0.6) is 0 Å². The first-order valence-electron chi connectivity index (χ1n) is 24.5. The van der Waals surface area contributed by atoms with Gasteiger partial charge in [-0.25, -0.2) is 0 Å². The number of aliphatic hydroxyl groups is 2. The summed E-state index contributed by atoms with van der Waals surface area (Å²) in [6.07, 6.45) is 55.7. The summed E-state index contributed by atoms with van der Waals surface area (Å²) < 4.78 is 5.88. The van der Waals surface area contributed by atoms with Crippen LogP contribution < -0.4 is 5.32 Å². The van der Waals surface area contributed by atoms with Crippen LogP contribution in [0.1, 0.15) is 233 Å². The summed E-state index contributed by atoms with van der Waals surface area (Å²) >= 11 is 0. The van der Waals surface area contributed by atoms with E-state index in [2.05, 4.69) is 86.8 Å². The lowest BCUT2D eigenvalue weighted by molar-refractivity contribution is -0.151. The molecular weight excluding hydrogens is 719 g/mol. The summed E-state index contributed by atoms with van der Waals surface area (Å²) in [6, 6.07) is -0.712. The number of nitrogens with one attached hydrogen (secondary N) is 1. The molecule has 0 radical (unpaired) electrons. The molecule has 0 aliphatic heterocycles. The molecule has 0 spiro atoms. The molecule has 0 aliphatic carbocycles. The number of ether oxygens (including phenoxy) is 1. The van der Waals surface area contributed by atoms with E-state index in [1.807, 2.05) is 0 Å². The average molecular weight is 812 g/mol. The van der Waals surface area contributed by atoms with Crippen molar-refractivity contribution in [3.8, 4) is 0 Å². The molecular formula is C52H93NO5. The molecule has 0 saturated carbocycles. The molecule has 6 heteroatoms. The zero-order valence-corrected chi connectivity index (χ0v) is 38.2. The van der Waals surface area contributed by atoms with Gasteiger partial charge in [0.05, 0.1) is 25.2 Å². The first-order chi connectivity index (χ1) is 28.5. The van der Waals surface area contributed by atoms with Gasteiger partial charge in [-0.05, 0) is 89.9 Å². The summed E-state index contributed by atoms with van der Waals surface area (Å²) in [5.74, 6) is -0.530. The number of hydrogen-bond donors (Lipinski definition) is 3. The number of esters is 1. The standard InChI is InChI=1S/C52H93NO5/c1-4-7-10-13-16-19-21-22-23-24-25-26-27-28-30-33-36-39-42-45-52(57)58-48(43-40-37-34-31-18-15-12-9-6-3)46-51(56)53-49(47-54)50(55)44-41-38-35-32-29-20-17-14-11-8-5-2/h15-16,18-19,22-23,25-26,28,30,48-50,54-55H,4-14,17,20-21,24,27,29,31-47H2,1-3H3,(H,53,56)/b18-15-,19-16-,23-22-,26-25-,30-28-. The van der Waals surface area contributed by atoms with Gasteiger partial charge in [0.15, 0.2) is 0 Å². The van der Waals surface area contributed by atoms with E-state index in [0.717, 1.165) is 96.3 Å². The van der Waals surface area contributed by atoms with Gasteiger partial charge in [-0.1, -0.05) is 191 Å². The van der Waals surface area contributed by atoms with Crippen molar-refractivity contribution >= 4 is 11.9 Å². The monoisotopic (exact) mass is 812 g/mol. The molecule has 3 unspecified atom stereocenters. The Morgan fingerprint density at radius 2 is 0.897 bits per heavy atom. The molecule has 6 nitrogen and oxygen atoms in total. The number of allylic oxidation sites excluding steroid dienone is 10. The maximum atomic E-state index is 13.1. The van der Waals surface area contributed by atoms with E-state index >= 15 is 0 Å². The number of carbonyl (C=O) groups is 2. The number of hydrogen-bond acceptors (Lipinski definition) is 5. The third kappa shape index (κ3) is 40.3. The first-order valence-corrected chi connectivity index (χ1v) is 24.5. The van der Waals surface area contributed by atoms with Gasteiger partial charge in [0, 0.05) is 6.42 Å². The zero-order valence-electron chi connectivity index (χ0n) is 38.2. The lowest BCUT2D eigenvalue weighted by Crippen LogP contribution is -2.46. The summed E-state index contributed by atoms with van der Waals surface area (Å²) in [5, 5.41) is 23.6. The van der Waals surface area contributed by atoms with Crippen molar-refractivity contribution in [1.29, 1.82) is 0 Å². The fourth-order valence-corrected chi connectivity index (χ4v) is 7.04. The third-order valence-electron chi connectivity index (χ3n) is 10.8. The van der Waals surface area contributed by atoms with Crippen LogP contribution in [0.3, 0.4) is 0 Å². The molecule has 0 bridgehead atoms. The summed E-state index contributed by atoms with van der Waals surface area (Å²) in [4.78, 5) is 26.0. The molecule has 0 fully saturated rings. The highest BCUT2D eigenvalue weighted by Crippen LogP contribution is 2.17. The molecule has 0 aromatic rings. The largest absolute Gasteiger partial charge is 0.462 e. The molecule has 336 valence electrons. The predicted octanol–water partition coefficient (Wildman–Crippen LogP) is 14.5. The van der Waals surface area contributed by atoms with Crippen LogP contribution in [-0.4, -0.2) is 46.9 Å². The van der Waals surface area contributed by atoms with Crippen molar-refractivity contribution in [1.82, 2.24) is 5.32 Å². The Balaban J connectivity index is 4.55. The minimum atomic E-state index is -0.796. The van der Waals surface area contributed by atoms with Gasteiger partial charge in [0.1, 0.15) is 6.10 Å². The molecule has 3 atom stereocenters. The van der Waals surface area contributed by atoms with Crippen LogP contribution in [0.4, 0.5) is 0 Å². The lowest BCUT2D eigenvalue weighted by Gasteiger charge is -2.24. The average Bonchev–Trinajstić information content (AvgIpc) is 3.22. The number of amides is 1. The van der Waals surface area contributed by atoms with Gasteiger partial charge in [0.2, 0.25) is 5.91 Å². The van der Waals surface area contributed by atoms with Crippen LogP contribution in [0.15, 0.2) is 60.8 Å². The predicted molar refractivity (Wildman–Crippen MR) is 250 cm³/mol. The van der Waals surface area contributed by atoms with E-state index in [9.17, 15) is 19.8 Å². The Morgan fingerprint density at radius 3 is 1.43 bits per heavy atom. The highest BCUT2D eigenvalue weighted by molar-refractivity contribution is 5.77. The second kappa shape index (κ2) is 45.6. The van der Waals surface area contributed by atoms with Gasteiger partial charge >= 0.3 is 5.97 Å². The van der Waals surface area contributed by atoms with Gasteiger partial charge in [-0.15, -0.1) is 0 Å². The van der Waals surface area contributed by atoms with E-state index in [1.54, 1.807) is 0 Å². The fraction of sp³-hybridized carbons (Fsp3) is 0.769. The Bertz CT molecular complexity index is 1050. The Labute approximate surface area is 358 Å². The normalized spacial score (nSPS) is 13.8. The smallest absolute Gasteiger partial charge is 0.306 e. The highest BCUT2D eigenvalue weighted by atomic mass is 16.5. The minimum Gasteiger partial charge on any atom is -0.462 e. The van der Waals surface area contributed by atoms with Crippen molar-refractivity contribution in [2.45, 2.75) is 251 Å². The number of carbonyl (C=O) groups excluding carboxylic acids is 2. The molecule has 0 rings (SSSR count). The van der Waals surface area contributed by atoms with Crippen molar-refractivity contribution in [2.24, 2.45) is 0 Å². The summed E-state index contributed by atoms with van der Waals surface area (Å²) in [7, 11) is 0. The van der Waals surface area contributed by atoms with Crippen molar-refractivity contribution in [2.75, 3.05) is 6.61 Å². The molecule has 58 heavy (non-hydrogen) atoms. The molecule has 0 aliphatic rings. The van der Waals surface area contributed by atoms with Gasteiger partial charge in [-0.3, -0.25) is 9.59 Å². The van der Waals surface area contributed by atoms with E-state index in [0.29, 0.717) is 19.3 Å². The van der Waals surface area contributed by atoms with Crippen LogP contribution in [0.2, 0.25) is 0 Å². The van der Waals surface area contributed by atoms with Crippen LogP contribution in [0, 0.1) is 0 Å². The Morgan fingerprint density at radius 1 is 0.500 bits per heavy atom. The number of rotatable bonds is 43. The molecule has 0 saturated heterocycles. The number of unbranched alkanes of at least 4 members (excludes halogenated alkanes) is 21. The molecule has 0 heterocycles. The topological polar surface area (TPSA) is 95.9 Å². The van der Waals surface area contributed by atoms with Crippen LogP contribution in [0.25, 0.3) is 0 Å². The van der Waals surface area contributed by atoms with Crippen LogP contribution >= 0.6 is 0 Å². The second-order valence-electron chi connectivity index (χ2n) is 16.5. The van der Waals surface area contributed by atoms with E-state index in [-0.39, 0.29) is 24.9 Å². The van der Waals surface area contributed by atoms with Crippen molar-refractivity contribution < 1.29 is 24.5 Å². The number of aliphatic hydroxyl groups excluding tert-OH is 2. The van der Waals surface area contributed by atoms with Gasteiger partial charge < -0.3 is 20.3 Å².